The predicted molar refractivity (Wildman–Crippen MR) is 72.2 cm³/mol. The van der Waals surface area contributed by atoms with Crippen LogP contribution in [-0.2, 0) is 17.1 Å². The maximum absolute atomic E-state index is 5.11. The van der Waals surface area contributed by atoms with E-state index in [-0.39, 0.29) is 17.1 Å². The van der Waals surface area contributed by atoms with E-state index in [4.69, 9.17) is 12.2 Å². The van der Waals surface area contributed by atoms with Crippen LogP contribution in [0.4, 0.5) is 0 Å². The number of thiol groups is 1. The predicted octanol–water partition coefficient (Wildman–Crippen LogP) is 3.88. The zero-order valence-corrected chi connectivity index (χ0v) is 12.4. The Morgan fingerprint density at radius 3 is 1.67 bits per heavy atom. The van der Waals surface area contributed by atoms with Gasteiger partial charge in [-0.15, -0.1) is 12.6 Å². The summed E-state index contributed by atoms with van der Waals surface area (Å²) in [6.07, 6.45) is 7.60. The summed E-state index contributed by atoms with van der Waals surface area (Å²) < 4.78 is 0.761. The number of rotatable bonds is 8. The quantitative estimate of drug-likeness (QED) is 0.313. The second kappa shape index (κ2) is 12.8. The monoisotopic (exact) mass is 296 g/mol. The van der Waals surface area contributed by atoms with E-state index in [2.05, 4.69) is 31.4 Å². The maximum Gasteiger partial charge on any atom is 2.00 e. The minimum absolute atomic E-state index is 0. The minimum atomic E-state index is 0. The summed E-state index contributed by atoms with van der Waals surface area (Å²) >= 11 is 9.36. The standard InChI is InChI=1S/C11H23NS2.Cu/c1-3-5-7-9-12(11(13)14)10-8-6-4-2;/h3-10H2,1-2H3,(H,13,14);/q;+2. The summed E-state index contributed by atoms with van der Waals surface area (Å²) in [7, 11) is 0. The molecule has 0 aromatic rings. The smallest absolute Gasteiger partial charge is 0.358 e. The molecule has 1 radical (unpaired) electrons. The van der Waals surface area contributed by atoms with E-state index >= 15 is 0 Å². The van der Waals surface area contributed by atoms with Gasteiger partial charge in [0.15, 0.2) is 0 Å². The third kappa shape index (κ3) is 11.0. The van der Waals surface area contributed by atoms with Gasteiger partial charge in [0.25, 0.3) is 0 Å². The Morgan fingerprint density at radius 1 is 1.00 bits per heavy atom. The summed E-state index contributed by atoms with van der Waals surface area (Å²) in [5.41, 5.74) is 0. The van der Waals surface area contributed by atoms with Crippen LogP contribution in [0.5, 0.6) is 0 Å². The van der Waals surface area contributed by atoms with Gasteiger partial charge in [-0.05, 0) is 12.8 Å². The van der Waals surface area contributed by atoms with Gasteiger partial charge in [-0.2, -0.15) is 0 Å². The van der Waals surface area contributed by atoms with Gasteiger partial charge in [0.05, 0.1) is 0 Å². The van der Waals surface area contributed by atoms with Crippen molar-refractivity contribution in [2.45, 2.75) is 52.4 Å². The number of thiocarbonyl (C=S) groups is 1. The fraction of sp³-hybridized carbons (Fsp3) is 0.909. The first-order valence-corrected chi connectivity index (χ1v) is 6.55. The third-order valence-electron chi connectivity index (χ3n) is 2.33. The van der Waals surface area contributed by atoms with Gasteiger partial charge in [-0.3, -0.25) is 0 Å². The van der Waals surface area contributed by atoms with Crippen LogP contribution in [0.25, 0.3) is 0 Å². The molecule has 0 aliphatic carbocycles. The summed E-state index contributed by atoms with van der Waals surface area (Å²) in [5.74, 6) is 0. The van der Waals surface area contributed by atoms with Crippen LogP contribution >= 0.6 is 24.8 Å². The molecule has 0 spiro atoms. The van der Waals surface area contributed by atoms with Crippen LogP contribution in [0.1, 0.15) is 52.4 Å². The summed E-state index contributed by atoms with van der Waals surface area (Å²) in [6, 6.07) is 0. The molecule has 93 valence electrons. The molecular weight excluding hydrogens is 274 g/mol. The van der Waals surface area contributed by atoms with E-state index in [1.165, 1.54) is 38.5 Å². The Balaban J connectivity index is 0. The fourth-order valence-electron chi connectivity index (χ4n) is 1.41. The Labute approximate surface area is 116 Å². The van der Waals surface area contributed by atoms with Crippen LogP contribution in [0, 0.1) is 0 Å². The van der Waals surface area contributed by atoms with Gasteiger partial charge in [-0.25, -0.2) is 0 Å². The molecule has 0 aromatic carbocycles. The van der Waals surface area contributed by atoms with Gasteiger partial charge < -0.3 is 4.90 Å². The Kier molecular flexibility index (Phi) is 15.5. The zero-order valence-electron chi connectivity index (χ0n) is 9.76. The summed E-state index contributed by atoms with van der Waals surface area (Å²) in [4.78, 5) is 2.23. The first-order chi connectivity index (χ1) is 6.72. The number of hydrogen-bond donors (Lipinski definition) is 1. The van der Waals surface area contributed by atoms with E-state index in [1.54, 1.807) is 0 Å². The molecule has 0 atom stereocenters. The largest absolute Gasteiger partial charge is 2.00 e. The van der Waals surface area contributed by atoms with E-state index in [9.17, 15) is 0 Å². The van der Waals surface area contributed by atoms with Crippen molar-refractivity contribution in [2.24, 2.45) is 0 Å². The third-order valence-corrected chi connectivity index (χ3v) is 2.87. The molecule has 1 nitrogen and oxygen atoms in total. The number of unbranched alkanes of at least 4 members (excludes halogenated alkanes) is 4. The molecule has 0 saturated carbocycles. The molecule has 0 heterocycles. The SMILES string of the molecule is CCCCCN(CCCCC)C(=S)S.[Cu+2]. The second-order valence-corrected chi connectivity index (χ2v) is 4.80. The normalized spacial score (nSPS) is 9.53. The van der Waals surface area contributed by atoms with Gasteiger partial charge in [0.2, 0.25) is 0 Å². The molecule has 0 amide bonds. The van der Waals surface area contributed by atoms with E-state index < -0.39 is 0 Å². The van der Waals surface area contributed by atoms with Gasteiger partial charge in [-0.1, -0.05) is 51.7 Å². The molecule has 0 saturated heterocycles. The van der Waals surface area contributed by atoms with Crippen LogP contribution < -0.4 is 0 Å². The minimum Gasteiger partial charge on any atom is -0.358 e. The van der Waals surface area contributed by atoms with Crippen molar-refractivity contribution in [3.05, 3.63) is 0 Å². The van der Waals surface area contributed by atoms with E-state index in [0.717, 1.165) is 17.4 Å². The van der Waals surface area contributed by atoms with E-state index in [0.29, 0.717) is 0 Å². The summed E-state index contributed by atoms with van der Waals surface area (Å²) in [5, 5.41) is 0. The van der Waals surface area contributed by atoms with Crippen molar-refractivity contribution < 1.29 is 17.1 Å². The maximum atomic E-state index is 5.11. The second-order valence-electron chi connectivity index (χ2n) is 3.68. The van der Waals surface area contributed by atoms with Crippen molar-refractivity contribution in [3.8, 4) is 0 Å². The Hall–Kier alpha value is 0.759. The molecule has 0 rings (SSSR count). The molecule has 4 heteroatoms. The van der Waals surface area contributed by atoms with Gasteiger partial charge in [0.1, 0.15) is 4.32 Å². The van der Waals surface area contributed by atoms with Crippen LogP contribution in [0.2, 0.25) is 0 Å². The van der Waals surface area contributed by atoms with Crippen LogP contribution in [0.3, 0.4) is 0 Å². The molecule has 15 heavy (non-hydrogen) atoms. The Bertz CT molecular complexity index is 144. The molecule has 0 aliphatic heterocycles. The zero-order chi connectivity index (χ0) is 10.8. The van der Waals surface area contributed by atoms with Crippen LogP contribution in [0.15, 0.2) is 0 Å². The Morgan fingerprint density at radius 2 is 1.40 bits per heavy atom. The molecule has 0 fully saturated rings. The molecular formula is C11H23CuNS2+2. The molecule has 0 aliphatic rings. The van der Waals surface area contributed by atoms with Crippen molar-refractivity contribution in [1.29, 1.82) is 0 Å². The molecule has 0 bridgehead atoms. The van der Waals surface area contributed by atoms with Crippen molar-refractivity contribution in [2.75, 3.05) is 13.1 Å². The van der Waals surface area contributed by atoms with Gasteiger partial charge >= 0.3 is 17.1 Å². The average Bonchev–Trinajstić information content (AvgIpc) is 2.15. The van der Waals surface area contributed by atoms with Crippen molar-refractivity contribution in [1.82, 2.24) is 4.90 Å². The molecule has 0 aromatic heterocycles. The van der Waals surface area contributed by atoms with Crippen molar-refractivity contribution in [3.63, 3.8) is 0 Å². The first-order valence-electron chi connectivity index (χ1n) is 5.70. The fourth-order valence-corrected chi connectivity index (χ4v) is 1.79. The van der Waals surface area contributed by atoms with Gasteiger partial charge in [0, 0.05) is 13.1 Å². The average molecular weight is 297 g/mol. The molecule has 0 N–H and O–H groups in total. The van der Waals surface area contributed by atoms with Crippen molar-refractivity contribution >= 4 is 29.2 Å². The summed E-state index contributed by atoms with van der Waals surface area (Å²) in [6.45, 7) is 6.61. The molecule has 0 unspecified atom stereocenters. The number of nitrogens with zero attached hydrogens (tertiary/aromatic N) is 1. The van der Waals surface area contributed by atoms with E-state index in [1.807, 2.05) is 0 Å². The van der Waals surface area contributed by atoms with Crippen LogP contribution in [-0.4, -0.2) is 22.3 Å². The topological polar surface area (TPSA) is 3.24 Å². The number of hydrogen-bond acceptors (Lipinski definition) is 1. The first kappa shape index (κ1) is 18.1.